The van der Waals surface area contributed by atoms with Crippen LogP contribution in [-0.4, -0.2) is 40.9 Å². The van der Waals surface area contributed by atoms with Gasteiger partial charge in [0.15, 0.2) is 5.76 Å². The van der Waals surface area contributed by atoms with Crippen LogP contribution in [-0.2, 0) is 11.3 Å². The molecule has 1 saturated heterocycles. The highest BCUT2D eigenvalue weighted by atomic mass is 16.5. The van der Waals surface area contributed by atoms with Crippen LogP contribution < -0.4 is 0 Å². The Morgan fingerprint density at radius 1 is 1.44 bits per heavy atom. The molecule has 1 atom stereocenters. The SMILES string of the molecule is CC1COCCN1Cc1nnc(-c2ccco2)o1. The van der Waals surface area contributed by atoms with Crippen molar-refractivity contribution in [3.63, 3.8) is 0 Å². The van der Waals surface area contributed by atoms with Gasteiger partial charge in [-0.3, -0.25) is 4.90 Å². The number of nitrogens with zero attached hydrogens (tertiary/aromatic N) is 3. The zero-order chi connectivity index (χ0) is 12.4. The van der Waals surface area contributed by atoms with Crippen LogP contribution in [0.1, 0.15) is 12.8 Å². The number of hydrogen-bond donors (Lipinski definition) is 0. The second-order valence-electron chi connectivity index (χ2n) is 4.37. The first-order valence-corrected chi connectivity index (χ1v) is 6.01. The Labute approximate surface area is 105 Å². The van der Waals surface area contributed by atoms with Crippen LogP contribution in [0, 0.1) is 0 Å². The van der Waals surface area contributed by atoms with E-state index < -0.39 is 0 Å². The second-order valence-corrected chi connectivity index (χ2v) is 4.37. The van der Waals surface area contributed by atoms with Crippen molar-refractivity contribution in [2.45, 2.75) is 19.5 Å². The Morgan fingerprint density at radius 3 is 3.17 bits per heavy atom. The van der Waals surface area contributed by atoms with Gasteiger partial charge in [-0.1, -0.05) is 0 Å². The van der Waals surface area contributed by atoms with Crippen molar-refractivity contribution < 1.29 is 13.6 Å². The van der Waals surface area contributed by atoms with Gasteiger partial charge in [0.1, 0.15) is 0 Å². The van der Waals surface area contributed by atoms with E-state index in [0.717, 1.165) is 19.8 Å². The largest absolute Gasteiger partial charge is 0.459 e. The molecule has 1 aliphatic heterocycles. The number of rotatable bonds is 3. The minimum atomic E-state index is 0.373. The van der Waals surface area contributed by atoms with Crippen molar-refractivity contribution in [1.82, 2.24) is 15.1 Å². The maximum Gasteiger partial charge on any atom is 0.283 e. The van der Waals surface area contributed by atoms with Crippen LogP contribution in [0.2, 0.25) is 0 Å². The Balaban J connectivity index is 1.70. The van der Waals surface area contributed by atoms with Crippen LogP contribution in [0.15, 0.2) is 27.2 Å². The monoisotopic (exact) mass is 249 g/mol. The molecule has 3 rings (SSSR count). The summed E-state index contributed by atoms with van der Waals surface area (Å²) in [4.78, 5) is 2.27. The molecule has 2 aromatic heterocycles. The fraction of sp³-hybridized carbons (Fsp3) is 0.500. The summed E-state index contributed by atoms with van der Waals surface area (Å²) in [5.74, 6) is 1.63. The summed E-state index contributed by atoms with van der Waals surface area (Å²) in [7, 11) is 0. The molecule has 1 aliphatic rings. The summed E-state index contributed by atoms with van der Waals surface area (Å²) >= 11 is 0. The molecule has 0 N–H and O–H groups in total. The predicted molar refractivity (Wildman–Crippen MR) is 62.7 cm³/mol. The van der Waals surface area contributed by atoms with Gasteiger partial charge in [0, 0.05) is 12.6 Å². The first kappa shape index (κ1) is 11.4. The van der Waals surface area contributed by atoms with E-state index in [1.807, 2.05) is 0 Å². The van der Waals surface area contributed by atoms with Crippen molar-refractivity contribution in [2.75, 3.05) is 19.8 Å². The summed E-state index contributed by atoms with van der Waals surface area (Å²) in [6.45, 7) is 5.17. The van der Waals surface area contributed by atoms with Crippen molar-refractivity contribution >= 4 is 0 Å². The summed E-state index contributed by atoms with van der Waals surface area (Å²) in [5, 5.41) is 8.02. The lowest BCUT2D eigenvalue weighted by Gasteiger charge is -2.31. The number of aromatic nitrogens is 2. The van der Waals surface area contributed by atoms with Gasteiger partial charge in [-0.15, -0.1) is 10.2 Å². The quantitative estimate of drug-likeness (QED) is 0.822. The smallest absolute Gasteiger partial charge is 0.283 e. The second kappa shape index (κ2) is 4.91. The highest BCUT2D eigenvalue weighted by Crippen LogP contribution is 2.19. The molecule has 3 heterocycles. The summed E-state index contributed by atoms with van der Waals surface area (Å²) in [6, 6.07) is 3.97. The van der Waals surface area contributed by atoms with E-state index in [2.05, 4.69) is 22.0 Å². The summed E-state index contributed by atoms with van der Waals surface area (Å²) in [5.41, 5.74) is 0. The third-order valence-corrected chi connectivity index (χ3v) is 3.04. The molecule has 0 amide bonds. The van der Waals surface area contributed by atoms with Crippen LogP contribution in [0.4, 0.5) is 0 Å². The Morgan fingerprint density at radius 2 is 2.39 bits per heavy atom. The molecule has 0 bridgehead atoms. The zero-order valence-corrected chi connectivity index (χ0v) is 10.2. The van der Waals surface area contributed by atoms with Crippen LogP contribution in [0.3, 0.4) is 0 Å². The van der Waals surface area contributed by atoms with Gasteiger partial charge in [0.25, 0.3) is 5.89 Å². The van der Waals surface area contributed by atoms with E-state index in [1.54, 1.807) is 18.4 Å². The molecule has 0 aromatic carbocycles. The molecule has 1 fully saturated rings. The zero-order valence-electron chi connectivity index (χ0n) is 10.2. The van der Waals surface area contributed by atoms with Crippen molar-refractivity contribution in [2.24, 2.45) is 0 Å². The highest BCUT2D eigenvalue weighted by molar-refractivity contribution is 5.42. The van der Waals surface area contributed by atoms with Gasteiger partial charge in [0.2, 0.25) is 5.89 Å². The van der Waals surface area contributed by atoms with Gasteiger partial charge in [-0.25, -0.2) is 0 Å². The van der Waals surface area contributed by atoms with Gasteiger partial charge in [0.05, 0.1) is 26.0 Å². The first-order chi connectivity index (χ1) is 8.83. The van der Waals surface area contributed by atoms with Gasteiger partial charge < -0.3 is 13.6 Å². The lowest BCUT2D eigenvalue weighted by Crippen LogP contribution is -2.42. The van der Waals surface area contributed by atoms with Crippen LogP contribution in [0.5, 0.6) is 0 Å². The number of ether oxygens (including phenoxy) is 1. The molecule has 18 heavy (non-hydrogen) atoms. The molecule has 1 unspecified atom stereocenters. The highest BCUT2D eigenvalue weighted by Gasteiger charge is 2.21. The van der Waals surface area contributed by atoms with Crippen LogP contribution >= 0.6 is 0 Å². The lowest BCUT2D eigenvalue weighted by molar-refractivity contribution is -0.00779. The molecule has 0 spiro atoms. The minimum absolute atomic E-state index is 0.373. The average molecular weight is 249 g/mol. The third kappa shape index (κ3) is 2.30. The van der Waals surface area contributed by atoms with E-state index >= 15 is 0 Å². The Kier molecular flexibility index (Phi) is 3.12. The summed E-state index contributed by atoms with van der Waals surface area (Å²) < 4.78 is 16.2. The molecule has 96 valence electrons. The van der Waals surface area contributed by atoms with E-state index in [9.17, 15) is 0 Å². The third-order valence-electron chi connectivity index (χ3n) is 3.04. The fourth-order valence-corrected chi connectivity index (χ4v) is 1.99. The predicted octanol–water partition coefficient (Wildman–Crippen LogP) is 1.55. The molecule has 0 saturated carbocycles. The maximum absolute atomic E-state index is 5.58. The molecular weight excluding hydrogens is 234 g/mol. The molecule has 0 radical (unpaired) electrons. The number of morpholine rings is 1. The van der Waals surface area contributed by atoms with E-state index in [-0.39, 0.29) is 0 Å². The Bertz CT molecular complexity index is 494. The molecule has 6 heteroatoms. The van der Waals surface area contributed by atoms with Gasteiger partial charge >= 0.3 is 0 Å². The van der Waals surface area contributed by atoms with E-state index in [0.29, 0.717) is 30.1 Å². The first-order valence-electron chi connectivity index (χ1n) is 6.01. The molecular formula is C12H15N3O3. The standard InChI is InChI=1S/C12H15N3O3/c1-9-8-16-6-4-15(9)7-11-13-14-12(18-11)10-3-2-5-17-10/h2-3,5,9H,4,6-8H2,1H3. The van der Waals surface area contributed by atoms with E-state index in [1.165, 1.54) is 0 Å². The van der Waals surface area contributed by atoms with Crippen molar-refractivity contribution in [1.29, 1.82) is 0 Å². The van der Waals surface area contributed by atoms with Gasteiger partial charge in [-0.2, -0.15) is 0 Å². The minimum Gasteiger partial charge on any atom is -0.459 e. The van der Waals surface area contributed by atoms with E-state index in [4.69, 9.17) is 13.6 Å². The maximum atomic E-state index is 5.58. The van der Waals surface area contributed by atoms with Crippen LogP contribution in [0.25, 0.3) is 11.7 Å². The lowest BCUT2D eigenvalue weighted by atomic mass is 10.2. The normalized spacial score (nSPS) is 21.3. The summed E-state index contributed by atoms with van der Waals surface area (Å²) in [6.07, 6.45) is 1.59. The molecule has 6 nitrogen and oxygen atoms in total. The average Bonchev–Trinajstić information content (AvgIpc) is 3.02. The molecule has 0 aliphatic carbocycles. The molecule has 2 aromatic rings. The number of hydrogen-bond acceptors (Lipinski definition) is 6. The fourth-order valence-electron chi connectivity index (χ4n) is 1.99. The Hall–Kier alpha value is -1.66. The topological polar surface area (TPSA) is 64.5 Å². The van der Waals surface area contributed by atoms with Crippen molar-refractivity contribution in [3.05, 3.63) is 24.3 Å². The van der Waals surface area contributed by atoms with Crippen molar-refractivity contribution in [3.8, 4) is 11.7 Å². The van der Waals surface area contributed by atoms with Gasteiger partial charge in [-0.05, 0) is 19.1 Å². The number of furan rings is 1.